The molecule has 10 nitrogen and oxygen atoms in total. The molecule has 5 N–H and O–H groups in total. The number of hydrogen-bond donors (Lipinski definition) is 4. The van der Waals surface area contributed by atoms with Gasteiger partial charge in [-0.25, -0.2) is 4.57 Å². The number of ether oxygens (including phenoxy) is 2. The van der Waals surface area contributed by atoms with Crippen molar-refractivity contribution >= 4 is 19.8 Å². The summed E-state index contributed by atoms with van der Waals surface area (Å²) in [7, 11) is -4.75. The van der Waals surface area contributed by atoms with Crippen LogP contribution in [0.2, 0.25) is 0 Å². The molecule has 308 valence electrons. The van der Waals surface area contributed by atoms with E-state index in [-0.39, 0.29) is 26.1 Å². The molecule has 0 aromatic carbocycles. The van der Waals surface area contributed by atoms with Crippen molar-refractivity contribution in [1.29, 1.82) is 0 Å². The van der Waals surface area contributed by atoms with Gasteiger partial charge in [0, 0.05) is 19.4 Å². The maximum absolute atomic E-state index is 12.4. The highest BCUT2D eigenvalue weighted by Gasteiger charge is 2.22. The number of esters is 2. The first kappa shape index (κ1) is 52.6. The highest BCUT2D eigenvalue weighted by Crippen LogP contribution is 2.36. The molecule has 0 amide bonds. The second-order valence-corrected chi connectivity index (χ2v) is 15.0. The van der Waals surface area contributed by atoms with Crippen molar-refractivity contribution in [2.45, 2.75) is 200 Å². The Morgan fingerprint density at radius 2 is 0.923 bits per heavy atom. The van der Waals surface area contributed by atoms with Crippen LogP contribution in [0.25, 0.3) is 0 Å². The fourth-order valence-electron chi connectivity index (χ4n) is 5.48. The van der Waals surface area contributed by atoms with E-state index in [1.165, 1.54) is 89.9 Å². The maximum Gasteiger partial charge on any atom is 0.469 e. The van der Waals surface area contributed by atoms with E-state index in [0.29, 0.717) is 19.4 Å². The first-order valence-electron chi connectivity index (χ1n) is 20.9. The largest absolute Gasteiger partial charge is 0.469 e. The second-order valence-electron chi connectivity index (χ2n) is 13.8. The molecular weight excluding hydrogens is 681 g/mol. The molecule has 0 radical (unpaired) electrons. The molecule has 0 spiro atoms. The van der Waals surface area contributed by atoms with Crippen molar-refractivity contribution in [3.05, 3.63) is 24.3 Å². The number of hydrogen-bond acceptors (Lipinski definition) is 8. The fourth-order valence-corrected chi connectivity index (χ4v) is 5.84. The Balaban J connectivity index is 0. The molecule has 1 unspecified atom stereocenters. The number of aliphatic hydroxyl groups excluding tert-OH is 1. The SMILES string of the molecule is CCCCCCCC/C=C/CCCCCCCC(=O)OCC(COP(=O)(O)O)OC(=O)CCCCCCC/C=C/CCCCCCCC.NCCO. The topological polar surface area (TPSA) is 166 Å². The summed E-state index contributed by atoms with van der Waals surface area (Å²) in [6.07, 6.45) is 38.9. The molecule has 0 saturated heterocycles. The monoisotopic (exact) mass is 762 g/mol. The van der Waals surface area contributed by atoms with Crippen LogP contribution in [0.1, 0.15) is 194 Å². The molecule has 0 aromatic rings. The van der Waals surface area contributed by atoms with Crippen molar-refractivity contribution in [2.24, 2.45) is 5.73 Å². The molecule has 11 heteroatoms. The van der Waals surface area contributed by atoms with Gasteiger partial charge in [0.2, 0.25) is 0 Å². The van der Waals surface area contributed by atoms with Gasteiger partial charge in [-0.05, 0) is 64.2 Å². The first-order valence-corrected chi connectivity index (χ1v) is 22.4. The third-order valence-corrected chi connectivity index (χ3v) is 9.06. The van der Waals surface area contributed by atoms with Crippen LogP contribution in [-0.4, -0.2) is 59.3 Å². The third-order valence-electron chi connectivity index (χ3n) is 8.57. The molecule has 0 bridgehead atoms. The normalized spacial score (nSPS) is 12.3. The fraction of sp³-hybridized carbons (Fsp3) is 0.854. The third kappa shape index (κ3) is 46.5. The van der Waals surface area contributed by atoms with Gasteiger partial charge in [-0.1, -0.05) is 141 Å². The van der Waals surface area contributed by atoms with Crippen LogP contribution in [-0.2, 0) is 28.2 Å². The zero-order valence-electron chi connectivity index (χ0n) is 33.3. The summed E-state index contributed by atoms with van der Waals surface area (Å²) in [5, 5.41) is 7.75. The number of unbranched alkanes of at least 4 members (excludes halogenated alkanes) is 22. The Morgan fingerprint density at radius 1 is 0.577 bits per heavy atom. The van der Waals surface area contributed by atoms with Crippen molar-refractivity contribution < 1.29 is 43.0 Å². The zero-order valence-corrected chi connectivity index (χ0v) is 34.2. The van der Waals surface area contributed by atoms with Gasteiger partial charge in [-0.2, -0.15) is 0 Å². The van der Waals surface area contributed by atoms with Crippen molar-refractivity contribution in [3.8, 4) is 0 Å². The molecule has 0 heterocycles. The summed E-state index contributed by atoms with van der Waals surface area (Å²) in [6.45, 7) is 4.13. The summed E-state index contributed by atoms with van der Waals surface area (Å²) in [4.78, 5) is 42.7. The minimum atomic E-state index is -4.75. The summed E-state index contributed by atoms with van der Waals surface area (Å²) < 4.78 is 26.3. The lowest BCUT2D eigenvalue weighted by atomic mass is 10.1. The van der Waals surface area contributed by atoms with Gasteiger partial charge in [0.15, 0.2) is 6.10 Å². The molecule has 0 fully saturated rings. The first-order chi connectivity index (χ1) is 25.2. The van der Waals surface area contributed by atoms with Gasteiger partial charge in [-0.15, -0.1) is 0 Å². The number of phosphoric ester groups is 1. The van der Waals surface area contributed by atoms with Crippen LogP contribution in [0.5, 0.6) is 0 Å². The molecular formula is C41H80NO9P. The Morgan fingerprint density at radius 3 is 1.29 bits per heavy atom. The van der Waals surface area contributed by atoms with Crippen LogP contribution < -0.4 is 5.73 Å². The molecule has 52 heavy (non-hydrogen) atoms. The van der Waals surface area contributed by atoms with Crippen LogP contribution in [0, 0.1) is 0 Å². The molecule has 1 atom stereocenters. The summed E-state index contributed by atoms with van der Waals surface area (Å²) in [5.41, 5.74) is 4.78. The van der Waals surface area contributed by atoms with E-state index in [0.717, 1.165) is 64.2 Å². The number of carbonyl (C=O) groups is 2. The number of carbonyl (C=O) groups excluding carboxylic acids is 2. The Bertz CT molecular complexity index is 876. The van der Waals surface area contributed by atoms with Gasteiger partial charge in [0.1, 0.15) is 6.61 Å². The van der Waals surface area contributed by atoms with Gasteiger partial charge in [0.05, 0.1) is 13.2 Å². The molecule has 0 aliphatic carbocycles. The van der Waals surface area contributed by atoms with E-state index in [9.17, 15) is 14.2 Å². The van der Waals surface area contributed by atoms with Crippen LogP contribution in [0.3, 0.4) is 0 Å². The number of nitrogens with two attached hydrogens (primary N) is 1. The predicted octanol–water partition coefficient (Wildman–Crippen LogP) is 10.6. The van der Waals surface area contributed by atoms with E-state index in [4.69, 9.17) is 30.1 Å². The maximum atomic E-state index is 12.4. The van der Waals surface area contributed by atoms with Crippen molar-refractivity contribution in [2.75, 3.05) is 26.4 Å². The quantitative estimate of drug-likeness (QED) is 0.0207. The van der Waals surface area contributed by atoms with E-state index in [1.807, 2.05) is 0 Å². The Kier molecular flexibility index (Phi) is 42.6. The minimum Gasteiger partial charge on any atom is -0.462 e. The van der Waals surface area contributed by atoms with E-state index < -0.39 is 32.5 Å². The summed E-state index contributed by atoms with van der Waals surface area (Å²) in [6, 6.07) is 0. The Hall–Kier alpha value is -1.55. The van der Waals surface area contributed by atoms with Gasteiger partial charge >= 0.3 is 19.8 Å². The predicted molar refractivity (Wildman–Crippen MR) is 214 cm³/mol. The highest BCUT2D eigenvalue weighted by atomic mass is 31.2. The number of phosphoric acid groups is 1. The minimum absolute atomic E-state index is 0.0972. The van der Waals surface area contributed by atoms with Crippen LogP contribution in [0.15, 0.2) is 24.3 Å². The zero-order chi connectivity index (χ0) is 38.8. The van der Waals surface area contributed by atoms with Gasteiger partial charge < -0.3 is 30.1 Å². The summed E-state index contributed by atoms with van der Waals surface area (Å²) >= 11 is 0. The lowest BCUT2D eigenvalue weighted by Gasteiger charge is -2.18. The van der Waals surface area contributed by atoms with Crippen LogP contribution in [0.4, 0.5) is 0 Å². The smallest absolute Gasteiger partial charge is 0.462 e. The molecule has 0 aromatic heterocycles. The Labute approximate surface area is 318 Å². The van der Waals surface area contributed by atoms with Gasteiger partial charge in [-0.3, -0.25) is 14.1 Å². The standard InChI is InChI=1S/C39H73O8P.C2H7NO/c1-3-5-7-9-11-13-15-17-19-21-23-25-27-29-31-33-38(40)45-35-37(36-46-48(42,43)44)47-39(41)34-32-30-28-26-24-22-20-18-16-14-12-10-8-6-4-2;3-1-2-4/h17-20,37H,3-16,21-36H2,1-2H3,(H2,42,43,44);4H,1-3H2/b19-17+,20-18+;. The second kappa shape index (κ2) is 42.2. The average Bonchev–Trinajstić information content (AvgIpc) is 3.12. The van der Waals surface area contributed by atoms with Crippen LogP contribution >= 0.6 is 7.82 Å². The number of rotatable bonds is 37. The van der Waals surface area contributed by atoms with Gasteiger partial charge in [0.25, 0.3) is 0 Å². The molecule has 0 rings (SSSR count). The van der Waals surface area contributed by atoms with E-state index in [2.05, 4.69) is 42.7 Å². The molecule has 0 aliphatic heterocycles. The number of aliphatic hydroxyl groups is 1. The molecule has 0 saturated carbocycles. The van der Waals surface area contributed by atoms with Crippen molar-refractivity contribution in [3.63, 3.8) is 0 Å². The van der Waals surface area contributed by atoms with E-state index >= 15 is 0 Å². The summed E-state index contributed by atoms with van der Waals surface area (Å²) in [5.74, 6) is -0.901. The lowest BCUT2D eigenvalue weighted by molar-refractivity contribution is -0.161. The average molecular weight is 762 g/mol. The molecule has 0 aliphatic rings. The number of allylic oxidation sites excluding steroid dienone is 4. The van der Waals surface area contributed by atoms with E-state index in [1.54, 1.807) is 0 Å². The van der Waals surface area contributed by atoms with Crippen molar-refractivity contribution in [1.82, 2.24) is 0 Å². The highest BCUT2D eigenvalue weighted by molar-refractivity contribution is 7.46. The lowest BCUT2D eigenvalue weighted by Crippen LogP contribution is -2.29.